The number of aliphatic hydroxyl groups is 1. The molecule has 1 atom stereocenters. The predicted octanol–water partition coefficient (Wildman–Crippen LogP) is 1.29. The zero-order valence-electron chi connectivity index (χ0n) is 12.6. The molecule has 114 valence electrons. The second-order valence-corrected chi connectivity index (χ2v) is 6.22. The molecule has 0 aliphatic heterocycles. The van der Waals surface area contributed by atoms with Crippen molar-refractivity contribution in [3.63, 3.8) is 0 Å². The molecule has 0 heterocycles. The van der Waals surface area contributed by atoms with Crippen molar-refractivity contribution in [3.8, 4) is 0 Å². The number of amides is 1. The van der Waals surface area contributed by atoms with Gasteiger partial charge in [-0.15, -0.1) is 0 Å². The number of carbonyl (C=O) groups is 2. The van der Waals surface area contributed by atoms with Crippen molar-refractivity contribution in [2.24, 2.45) is 0 Å². The minimum Gasteiger partial charge on any atom is -0.479 e. The minimum absolute atomic E-state index is 0.214. The van der Waals surface area contributed by atoms with Crippen molar-refractivity contribution < 1.29 is 19.8 Å². The molecule has 0 spiro atoms. The summed E-state index contributed by atoms with van der Waals surface area (Å²) in [6, 6.07) is 6.04. The maximum atomic E-state index is 12.4. The fourth-order valence-electron chi connectivity index (χ4n) is 2.52. The average Bonchev–Trinajstić information content (AvgIpc) is 3.16. The highest BCUT2D eigenvalue weighted by molar-refractivity contribution is 5.92. The van der Waals surface area contributed by atoms with E-state index in [1.54, 1.807) is 0 Å². The summed E-state index contributed by atoms with van der Waals surface area (Å²) in [4.78, 5) is 23.3. The zero-order chi connectivity index (χ0) is 15.8. The van der Waals surface area contributed by atoms with E-state index in [2.05, 4.69) is 5.32 Å². The summed E-state index contributed by atoms with van der Waals surface area (Å²) in [6.07, 6.45) is 1.49. The lowest BCUT2D eigenvalue weighted by atomic mass is 9.91. The van der Waals surface area contributed by atoms with Gasteiger partial charge in [0, 0.05) is 0 Å². The normalized spacial score (nSPS) is 18.7. The summed E-state index contributed by atoms with van der Waals surface area (Å²) in [6.45, 7) is 4.85. The van der Waals surface area contributed by atoms with E-state index in [1.165, 1.54) is 6.92 Å². The molecule has 5 nitrogen and oxygen atoms in total. The van der Waals surface area contributed by atoms with Crippen molar-refractivity contribution in [3.05, 3.63) is 34.9 Å². The van der Waals surface area contributed by atoms with Gasteiger partial charge in [-0.1, -0.05) is 29.3 Å². The summed E-state index contributed by atoms with van der Waals surface area (Å²) in [5, 5.41) is 21.1. The van der Waals surface area contributed by atoms with Gasteiger partial charge in [0.15, 0.2) is 5.60 Å². The van der Waals surface area contributed by atoms with E-state index in [1.807, 2.05) is 32.0 Å². The summed E-state index contributed by atoms with van der Waals surface area (Å²) in [5.74, 6) is -1.56. The van der Waals surface area contributed by atoms with Crippen LogP contribution in [0.5, 0.6) is 0 Å². The lowest BCUT2D eigenvalue weighted by Gasteiger charge is -2.22. The SMILES string of the molecule is Cc1cc(C)cc(C2(C(=O)NCC(C)(O)C(=O)O)CC2)c1. The first-order valence-corrected chi connectivity index (χ1v) is 7.00. The molecule has 1 fully saturated rings. The van der Waals surface area contributed by atoms with Crippen LogP contribution in [0.1, 0.15) is 36.5 Å². The van der Waals surface area contributed by atoms with Crippen LogP contribution in [0, 0.1) is 13.8 Å². The molecular weight excluding hydrogens is 270 g/mol. The number of aryl methyl sites for hydroxylation is 2. The molecule has 0 saturated heterocycles. The van der Waals surface area contributed by atoms with Crippen LogP contribution >= 0.6 is 0 Å². The Kier molecular flexibility index (Phi) is 3.80. The Bertz CT molecular complexity index is 568. The van der Waals surface area contributed by atoms with E-state index in [0.29, 0.717) is 0 Å². The van der Waals surface area contributed by atoms with E-state index >= 15 is 0 Å². The molecule has 1 aliphatic rings. The maximum absolute atomic E-state index is 12.4. The van der Waals surface area contributed by atoms with Crippen LogP contribution in [0.4, 0.5) is 0 Å². The van der Waals surface area contributed by atoms with E-state index < -0.39 is 17.0 Å². The number of carbonyl (C=O) groups excluding carboxylic acids is 1. The second-order valence-electron chi connectivity index (χ2n) is 6.22. The fraction of sp³-hybridized carbons (Fsp3) is 0.500. The number of aliphatic carboxylic acids is 1. The summed E-state index contributed by atoms with van der Waals surface area (Å²) < 4.78 is 0. The molecule has 1 aliphatic carbocycles. The van der Waals surface area contributed by atoms with Gasteiger partial charge in [0.2, 0.25) is 5.91 Å². The Morgan fingerprint density at radius 3 is 2.19 bits per heavy atom. The summed E-state index contributed by atoms with van der Waals surface area (Å²) in [7, 11) is 0. The summed E-state index contributed by atoms with van der Waals surface area (Å²) in [5.41, 5.74) is 0.648. The lowest BCUT2D eigenvalue weighted by Crippen LogP contribution is -2.48. The Labute approximate surface area is 124 Å². The van der Waals surface area contributed by atoms with Crippen LogP contribution in [0.2, 0.25) is 0 Å². The Hall–Kier alpha value is -1.88. The number of nitrogens with one attached hydrogen (secondary N) is 1. The number of hydrogen-bond acceptors (Lipinski definition) is 3. The van der Waals surface area contributed by atoms with Crippen LogP contribution in [-0.4, -0.2) is 34.2 Å². The molecule has 0 aromatic heterocycles. The molecule has 1 aromatic carbocycles. The van der Waals surface area contributed by atoms with Crippen molar-refractivity contribution in [2.75, 3.05) is 6.54 Å². The number of carboxylic acid groups (broad SMARTS) is 1. The van der Waals surface area contributed by atoms with Crippen LogP contribution in [-0.2, 0) is 15.0 Å². The highest BCUT2D eigenvalue weighted by atomic mass is 16.4. The number of hydrogen-bond donors (Lipinski definition) is 3. The van der Waals surface area contributed by atoms with Crippen molar-refractivity contribution in [1.29, 1.82) is 0 Å². The quantitative estimate of drug-likeness (QED) is 0.763. The first-order valence-electron chi connectivity index (χ1n) is 7.00. The van der Waals surface area contributed by atoms with Gasteiger partial charge < -0.3 is 15.5 Å². The summed E-state index contributed by atoms with van der Waals surface area (Å²) >= 11 is 0. The first-order chi connectivity index (χ1) is 9.67. The van der Waals surface area contributed by atoms with Crippen molar-refractivity contribution in [2.45, 2.75) is 44.6 Å². The van der Waals surface area contributed by atoms with Gasteiger partial charge in [-0.05, 0) is 39.2 Å². The molecule has 0 bridgehead atoms. The number of rotatable bonds is 5. The van der Waals surface area contributed by atoms with E-state index in [-0.39, 0.29) is 12.5 Å². The lowest BCUT2D eigenvalue weighted by molar-refractivity contribution is -0.156. The highest BCUT2D eigenvalue weighted by Gasteiger charge is 2.51. The Morgan fingerprint density at radius 1 is 1.24 bits per heavy atom. The van der Waals surface area contributed by atoms with E-state index in [4.69, 9.17) is 5.11 Å². The molecule has 1 amide bonds. The molecule has 21 heavy (non-hydrogen) atoms. The third kappa shape index (κ3) is 3.08. The van der Waals surface area contributed by atoms with Gasteiger partial charge in [-0.25, -0.2) is 4.79 Å². The van der Waals surface area contributed by atoms with Gasteiger partial charge in [0.25, 0.3) is 0 Å². The van der Waals surface area contributed by atoms with Crippen LogP contribution in [0.25, 0.3) is 0 Å². The number of carboxylic acids is 1. The van der Waals surface area contributed by atoms with Crippen LogP contribution in [0.15, 0.2) is 18.2 Å². The fourth-order valence-corrected chi connectivity index (χ4v) is 2.52. The highest BCUT2D eigenvalue weighted by Crippen LogP contribution is 2.48. The van der Waals surface area contributed by atoms with E-state index in [9.17, 15) is 14.7 Å². The third-order valence-electron chi connectivity index (χ3n) is 4.01. The van der Waals surface area contributed by atoms with Gasteiger partial charge in [0.05, 0.1) is 12.0 Å². The predicted molar refractivity (Wildman–Crippen MR) is 78.1 cm³/mol. The molecule has 1 saturated carbocycles. The minimum atomic E-state index is -1.95. The molecule has 1 aromatic rings. The smallest absolute Gasteiger partial charge is 0.337 e. The molecule has 2 rings (SSSR count). The monoisotopic (exact) mass is 291 g/mol. The molecule has 1 unspecified atom stereocenters. The largest absolute Gasteiger partial charge is 0.479 e. The maximum Gasteiger partial charge on any atom is 0.337 e. The molecule has 5 heteroatoms. The topological polar surface area (TPSA) is 86.6 Å². The Balaban J connectivity index is 2.13. The molecular formula is C16H21NO4. The first kappa shape index (κ1) is 15.5. The van der Waals surface area contributed by atoms with Crippen LogP contribution < -0.4 is 5.32 Å². The molecule has 0 radical (unpaired) electrons. The standard InChI is InChI=1S/C16H21NO4/c1-10-6-11(2)8-12(7-10)16(4-5-16)13(18)17-9-15(3,21)14(19)20/h6-8,21H,4-5,9H2,1-3H3,(H,17,18)(H,19,20). The zero-order valence-corrected chi connectivity index (χ0v) is 12.6. The van der Waals surface area contributed by atoms with Gasteiger partial charge in [-0.2, -0.15) is 0 Å². The average molecular weight is 291 g/mol. The molecule has 3 N–H and O–H groups in total. The third-order valence-corrected chi connectivity index (χ3v) is 4.01. The van der Waals surface area contributed by atoms with Crippen molar-refractivity contribution in [1.82, 2.24) is 5.32 Å². The van der Waals surface area contributed by atoms with Crippen LogP contribution in [0.3, 0.4) is 0 Å². The van der Waals surface area contributed by atoms with Crippen molar-refractivity contribution >= 4 is 11.9 Å². The van der Waals surface area contributed by atoms with E-state index in [0.717, 1.165) is 29.5 Å². The van der Waals surface area contributed by atoms with Gasteiger partial charge >= 0.3 is 5.97 Å². The Morgan fingerprint density at radius 2 is 1.76 bits per heavy atom. The second kappa shape index (κ2) is 5.15. The number of benzene rings is 1. The van der Waals surface area contributed by atoms with Gasteiger partial charge in [-0.3, -0.25) is 4.79 Å². The van der Waals surface area contributed by atoms with Gasteiger partial charge in [0.1, 0.15) is 0 Å².